The van der Waals surface area contributed by atoms with Gasteiger partial charge in [-0.3, -0.25) is 0 Å². The molecule has 0 aliphatic carbocycles. The predicted octanol–water partition coefficient (Wildman–Crippen LogP) is 4.73. The first kappa shape index (κ1) is 21.2. The Balaban J connectivity index is -0.000000133. The number of halogens is 5. The highest BCUT2D eigenvalue weighted by Crippen LogP contribution is 2.03. The molecule has 0 atom stereocenters. The molecule has 0 N–H and O–H groups in total. The van der Waals surface area contributed by atoms with E-state index in [1.807, 2.05) is 0 Å². The summed E-state index contributed by atoms with van der Waals surface area (Å²) in [6, 6.07) is 1.75. The Hall–Kier alpha value is 0.900. The van der Waals surface area contributed by atoms with Gasteiger partial charge in [-0.25, -0.2) is 0 Å². The molecule has 0 spiro atoms. The first-order valence-electron chi connectivity index (χ1n) is 3.99. The van der Waals surface area contributed by atoms with Crippen LogP contribution in [0.3, 0.4) is 0 Å². The Morgan fingerprint density at radius 2 is 1.40 bits per heavy atom. The van der Waals surface area contributed by atoms with Gasteiger partial charge in [0.1, 0.15) is 0 Å². The first-order chi connectivity index (χ1) is 7.06. The van der Waals surface area contributed by atoms with Crippen LogP contribution in [-0.2, 0) is 4.74 Å². The van der Waals surface area contributed by atoms with Crippen molar-refractivity contribution in [1.82, 2.24) is 0 Å². The summed E-state index contributed by atoms with van der Waals surface area (Å²) < 4.78 is 4.19. The Kier molecular flexibility index (Phi) is 34.3. The van der Waals surface area contributed by atoms with E-state index in [2.05, 4.69) is 0 Å². The molecule has 1 aliphatic heterocycles. The number of hydrogen-bond acceptors (Lipinski definition) is 2. The third-order valence-electron chi connectivity index (χ3n) is 0.827. The second-order valence-electron chi connectivity index (χ2n) is 1.89. The standard InChI is InChI=1S/C4H8O.C2H3N.CHCl3.CH2Cl2/c1-2-4-5-3-1;1-2-3;2-1(3)4;2-1-3/h1-4H2;1H3;1H;1H2. The molecule has 2 nitrogen and oxygen atoms in total. The van der Waals surface area contributed by atoms with Crippen LogP contribution >= 0.6 is 58.0 Å². The maximum absolute atomic E-state index is 7.32. The highest BCUT2D eigenvalue weighted by Gasteiger charge is 1.94. The summed E-state index contributed by atoms with van der Waals surface area (Å²) in [7, 11) is 0. The van der Waals surface area contributed by atoms with Crippen LogP contribution in [0.2, 0.25) is 0 Å². The quantitative estimate of drug-likeness (QED) is 0.605. The number of rotatable bonds is 0. The van der Waals surface area contributed by atoms with E-state index in [9.17, 15) is 0 Å². The molecule has 0 radical (unpaired) electrons. The van der Waals surface area contributed by atoms with Gasteiger partial charge in [-0.1, -0.05) is 34.8 Å². The van der Waals surface area contributed by atoms with Crippen molar-refractivity contribution >= 4 is 58.0 Å². The van der Waals surface area contributed by atoms with Gasteiger partial charge in [0.05, 0.1) is 11.4 Å². The lowest BCUT2D eigenvalue weighted by molar-refractivity contribution is 0.198. The minimum absolute atomic E-state index is 0.194. The molecule has 1 aliphatic rings. The van der Waals surface area contributed by atoms with Crippen LogP contribution in [0.5, 0.6) is 0 Å². The molecule has 92 valence electrons. The van der Waals surface area contributed by atoms with Gasteiger partial charge < -0.3 is 4.74 Å². The number of nitrogens with zero attached hydrogens (tertiary/aromatic N) is 1. The molecule has 7 heteroatoms. The second kappa shape index (κ2) is 24.2. The van der Waals surface area contributed by atoms with E-state index in [1.165, 1.54) is 19.8 Å². The van der Waals surface area contributed by atoms with Crippen LogP contribution in [0.1, 0.15) is 19.8 Å². The molecule has 0 aromatic heterocycles. The molecule has 0 saturated carbocycles. The lowest BCUT2D eigenvalue weighted by atomic mass is 10.4. The summed E-state index contributed by atoms with van der Waals surface area (Å²) in [5.41, 5.74) is 0. The molecule has 1 fully saturated rings. The van der Waals surface area contributed by atoms with E-state index in [-0.39, 0.29) is 5.34 Å². The molecule has 15 heavy (non-hydrogen) atoms. The average molecular weight is 317 g/mol. The van der Waals surface area contributed by atoms with Gasteiger partial charge >= 0.3 is 0 Å². The molecule has 0 amide bonds. The zero-order chi connectivity index (χ0) is 12.5. The molecule has 0 aromatic carbocycles. The Morgan fingerprint density at radius 3 is 1.47 bits per heavy atom. The highest BCUT2D eigenvalue weighted by molar-refractivity contribution is 6.63. The van der Waals surface area contributed by atoms with Crippen molar-refractivity contribution < 1.29 is 4.74 Å². The van der Waals surface area contributed by atoms with Crippen molar-refractivity contribution in [2.24, 2.45) is 0 Å². The Bertz CT molecular complexity index is 114. The van der Waals surface area contributed by atoms with Gasteiger partial charge in [-0.05, 0) is 12.8 Å². The summed E-state index contributed by atoms with van der Waals surface area (Å²) in [5.74, 6) is 0. The van der Waals surface area contributed by atoms with Gasteiger partial charge in [-0.2, -0.15) is 5.26 Å². The van der Waals surface area contributed by atoms with Crippen LogP contribution in [-0.4, -0.2) is 22.8 Å². The lowest BCUT2D eigenvalue weighted by Crippen LogP contribution is -1.74. The number of alkyl halides is 5. The summed E-state index contributed by atoms with van der Waals surface area (Å²) in [5, 5.41) is 7.51. The van der Waals surface area contributed by atoms with E-state index >= 15 is 0 Å². The van der Waals surface area contributed by atoms with Gasteiger partial charge in [0.2, 0.25) is 0 Å². The first-order valence-corrected chi connectivity index (χ1v) is 6.37. The maximum atomic E-state index is 7.32. The Labute approximate surface area is 116 Å². The molecule has 0 bridgehead atoms. The molecule has 1 saturated heterocycles. The van der Waals surface area contributed by atoms with Crippen molar-refractivity contribution in [3.8, 4) is 6.07 Å². The van der Waals surface area contributed by atoms with Gasteiger partial charge in [0, 0.05) is 20.1 Å². The van der Waals surface area contributed by atoms with E-state index < -0.39 is 4.30 Å². The van der Waals surface area contributed by atoms with Gasteiger partial charge in [-0.15, -0.1) is 23.2 Å². The number of ether oxygens (including phenoxy) is 1. The molecule has 1 heterocycles. The van der Waals surface area contributed by atoms with Crippen LogP contribution in [0.15, 0.2) is 0 Å². The third kappa shape index (κ3) is 71.2. The minimum atomic E-state index is -0.750. The van der Waals surface area contributed by atoms with Crippen LogP contribution in [0.25, 0.3) is 0 Å². The van der Waals surface area contributed by atoms with Crippen LogP contribution in [0, 0.1) is 11.3 Å². The minimum Gasteiger partial charge on any atom is -0.381 e. The normalized spacial score (nSPS) is 12.1. The highest BCUT2D eigenvalue weighted by atomic mass is 35.6. The molecular formula is C8H14Cl5NO. The van der Waals surface area contributed by atoms with Crippen molar-refractivity contribution in [2.75, 3.05) is 18.6 Å². The molecule has 1 rings (SSSR count). The van der Waals surface area contributed by atoms with E-state index in [4.69, 9.17) is 68.0 Å². The summed E-state index contributed by atoms with van der Waals surface area (Å²) in [4.78, 5) is 0. The summed E-state index contributed by atoms with van der Waals surface area (Å²) >= 11 is 23.9. The Morgan fingerprint density at radius 1 is 1.20 bits per heavy atom. The fraction of sp³-hybridized carbons (Fsp3) is 0.875. The predicted molar refractivity (Wildman–Crippen MR) is 69.3 cm³/mol. The molecular weight excluding hydrogens is 303 g/mol. The largest absolute Gasteiger partial charge is 0.381 e. The maximum Gasteiger partial charge on any atom is 0.180 e. The van der Waals surface area contributed by atoms with E-state index in [0.717, 1.165) is 13.2 Å². The number of nitriles is 1. The fourth-order valence-electron chi connectivity index (χ4n) is 0.510. The lowest BCUT2D eigenvalue weighted by Gasteiger charge is -1.76. The molecule has 0 unspecified atom stereocenters. The van der Waals surface area contributed by atoms with Gasteiger partial charge in [0.25, 0.3) is 0 Å². The zero-order valence-corrected chi connectivity index (χ0v) is 12.1. The summed E-state index contributed by atoms with van der Waals surface area (Å²) in [6.07, 6.45) is 2.56. The van der Waals surface area contributed by atoms with E-state index in [0.29, 0.717) is 0 Å². The fourth-order valence-corrected chi connectivity index (χ4v) is 0.510. The monoisotopic (exact) mass is 315 g/mol. The van der Waals surface area contributed by atoms with Crippen molar-refractivity contribution in [2.45, 2.75) is 24.1 Å². The van der Waals surface area contributed by atoms with Gasteiger partial charge in [0.15, 0.2) is 4.30 Å². The SMILES string of the molecule is C1CCOC1.CC#N.ClC(Cl)Cl.ClCCl. The third-order valence-corrected chi connectivity index (χ3v) is 0.827. The van der Waals surface area contributed by atoms with Crippen molar-refractivity contribution in [1.29, 1.82) is 5.26 Å². The average Bonchev–Trinajstić information content (AvgIpc) is 2.60. The van der Waals surface area contributed by atoms with E-state index in [1.54, 1.807) is 6.07 Å². The van der Waals surface area contributed by atoms with Crippen molar-refractivity contribution in [3.63, 3.8) is 0 Å². The van der Waals surface area contributed by atoms with Crippen molar-refractivity contribution in [3.05, 3.63) is 0 Å². The zero-order valence-electron chi connectivity index (χ0n) is 8.36. The van der Waals surface area contributed by atoms with Crippen LogP contribution in [0.4, 0.5) is 0 Å². The summed E-state index contributed by atoms with van der Waals surface area (Å²) in [6.45, 7) is 3.43. The second-order valence-corrected chi connectivity index (χ2v) is 4.68. The number of hydrogen-bond donors (Lipinski definition) is 0. The smallest absolute Gasteiger partial charge is 0.180 e. The molecule has 0 aromatic rings. The topological polar surface area (TPSA) is 33.0 Å². The van der Waals surface area contributed by atoms with Crippen LogP contribution < -0.4 is 0 Å².